The van der Waals surface area contributed by atoms with Gasteiger partial charge in [0.1, 0.15) is 0 Å². The number of rotatable bonds is 3. The van der Waals surface area contributed by atoms with Crippen molar-refractivity contribution in [1.82, 2.24) is 0 Å². The van der Waals surface area contributed by atoms with Crippen molar-refractivity contribution in [2.45, 2.75) is 25.3 Å². The van der Waals surface area contributed by atoms with Gasteiger partial charge in [0.05, 0.1) is 29.0 Å². The largest absolute Gasteiger partial charge is 0.397 e. The van der Waals surface area contributed by atoms with Crippen LogP contribution in [0.3, 0.4) is 0 Å². The molecule has 94 valence electrons. The van der Waals surface area contributed by atoms with E-state index in [-0.39, 0.29) is 0 Å². The molecule has 1 atom stereocenters. The fourth-order valence-electron chi connectivity index (χ4n) is 2.50. The van der Waals surface area contributed by atoms with Crippen LogP contribution in [0, 0.1) is 0 Å². The molecule has 1 unspecified atom stereocenters. The van der Waals surface area contributed by atoms with Crippen molar-refractivity contribution in [3.05, 3.63) is 23.2 Å². The molecule has 17 heavy (non-hydrogen) atoms. The lowest BCUT2D eigenvalue weighted by Gasteiger charge is -2.38. The Morgan fingerprint density at radius 1 is 1.47 bits per heavy atom. The predicted octanol–water partition coefficient (Wildman–Crippen LogP) is 2.93. The molecule has 0 aliphatic carbocycles. The maximum atomic E-state index is 6.27. The molecule has 0 amide bonds. The summed E-state index contributed by atoms with van der Waals surface area (Å²) in [7, 11) is 1.74. The molecule has 0 spiro atoms. The van der Waals surface area contributed by atoms with E-state index in [1.165, 1.54) is 12.8 Å². The second-order valence-corrected chi connectivity index (χ2v) is 4.88. The lowest BCUT2D eigenvalue weighted by Crippen LogP contribution is -2.42. The third-order valence-corrected chi connectivity index (χ3v) is 3.60. The Kier molecular flexibility index (Phi) is 4.13. The molecule has 0 saturated carbocycles. The Hall–Kier alpha value is -0.930. The zero-order valence-corrected chi connectivity index (χ0v) is 10.9. The van der Waals surface area contributed by atoms with Crippen molar-refractivity contribution in [2.24, 2.45) is 0 Å². The first-order chi connectivity index (χ1) is 8.24. The van der Waals surface area contributed by atoms with Gasteiger partial charge in [-0.15, -0.1) is 0 Å². The zero-order valence-electron chi connectivity index (χ0n) is 10.2. The van der Waals surface area contributed by atoms with Crippen LogP contribution >= 0.6 is 11.6 Å². The molecule has 1 saturated heterocycles. The van der Waals surface area contributed by atoms with E-state index < -0.39 is 0 Å². The second-order valence-electron chi connectivity index (χ2n) is 4.48. The average molecular weight is 255 g/mol. The summed E-state index contributed by atoms with van der Waals surface area (Å²) in [6.45, 7) is 1.73. The van der Waals surface area contributed by atoms with Crippen molar-refractivity contribution < 1.29 is 4.74 Å². The van der Waals surface area contributed by atoms with Crippen molar-refractivity contribution >= 4 is 23.0 Å². The van der Waals surface area contributed by atoms with Crippen LogP contribution in [0.5, 0.6) is 0 Å². The highest BCUT2D eigenvalue weighted by Gasteiger charge is 2.25. The van der Waals surface area contributed by atoms with E-state index >= 15 is 0 Å². The smallest absolute Gasteiger partial charge is 0.0792 e. The molecular formula is C13H19ClN2O. The van der Waals surface area contributed by atoms with E-state index in [9.17, 15) is 0 Å². The molecule has 1 aromatic carbocycles. The minimum absolute atomic E-state index is 0.385. The summed E-state index contributed by atoms with van der Waals surface area (Å²) >= 11 is 6.27. The van der Waals surface area contributed by atoms with Crippen LogP contribution in [-0.4, -0.2) is 26.3 Å². The molecule has 0 radical (unpaired) electrons. The van der Waals surface area contributed by atoms with E-state index in [0.717, 1.165) is 36.0 Å². The highest BCUT2D eigenvalue weighted by molar-refractivity contribution is 6.34. The second kappa shape index (κ2) is 5.61. The fourth-order valence-corrected chi connectivity index (χ4v) is 2.79. The van der Waals surface area contributed by atoms with E-state index in [2.05, 4.69) is 4.90 Å². The number of halogens is 1. The highest BCUT2D eigenvalue weighted by atomic mass is 35.5. The molecular weight excluding hydrogens is 236 g/mol. The van der Waals surface area contributed by atoms with Crippen molar-refractivity contribution in [2.75, 3.05) is 30.9 Å². The molecule has 0 bridgehead atoms. The molecule has 3 nitrogen and oxygen atoms in total. The predicted molar refractivity (Wildman–Crippen MR) is 72.7 cm³/mol. The number of anilines is 2. The van der Waals surface area contributed by atoms with Crippen LogP contribution in [0.1, 0.15) is 19.3 Å². The van der Waals surface area contributed by atoms with Gasteiger partial charge in [-0.1, -0.05) is 17.7 Å². The fraction of sp³-hybridized carbons (Fsp3) is 0.538. The highest BCUT2D eigenvalue weighted by Crippen LogP contribution is 2.35. The quantitative estimate of drug-likeness (QED) is 0.843. The molecule has 1 aromatic rings. The first-order valence-electron chi connectivity index (χ1n) is 6.03. The molecule has 2 rings (SSSR count). The standard InChI is InChI=1S/C13H19ClN2O/c1-17-9-10-5-2-3-8-16(10)13-11(14)6-4-7-12(13)15/h4,6-7,10H,2-3,5,8-9,15H2,1H3. The summed E-state index contributed by atoms with van der Waals surface area (Å²) in [6.07, 6.45) is 3.57. The van der Waals surface area contributed by atoms with Gasteiger partial charge in [0.25, 0.3) is 0 Å². The van der Waals surface area contributed by atoms with Gasteiger partial charge in [-0.3, -0.25) is 0 Å². The number of hydrogen-bond acceptors (Lipinski definition) is 3. The van der Waals surface area contributed by atoms with Gasteiger partial charge in [-0.25, -0.2) is 0 Å². The number of benzene rings is 1. The minimum atomic E-state index is 0.385. The Balaban J connectivity index is 2.29. The van der Waals surface area contributed by atoms with Crippen molar-refractivity contribution in [1.29, 1.82) is 0 Å². The topological polar surface area (TPSA) is 38.5 Å². The van der Waals surface area contributed by atoms with E-state index in [4.69, 9.17) is 22.1 Å². The SMILES string of the molecule is COCC1CCCCN1c1c(N)cccc1Cl. The third-order valence-electron chi connectivity index (χ3n) is 3.29. The molecule has 1 aliphatic heterocycles. The Morgan fingerprint density at radius 3 is 3.00 bits per heavy atom. The van der Waals surface area contributed by atoms with E-state index in [1.54, 1.807) is 7.11 Å². The number of ether oxygens (including phenoxy) is 1. The van der Waals surface area contributed by atoms with Gasteiger partial charge in [0.2, 0.25) is 0 Å². The first-order valence-corrected chi connectivity index (χ1v) is 6.41. The molecule has 1 fully saturated rings. The van der Waals surface area contributed by atoms with Crippen LogP contribution in [0.4, 0.5) is 11.4 Å². The molecule has 1 heterocycles. The summed E-state index contributed by atoms with van der Waals surface area (Å²) in [6, 6.07) is 6.07. The van der Waals surface area contributed by atoms with Crippen LogP contribution in [0.25, 0.3) is 0 Å². The number of piperidine rings is 1. The van der Waals surface area contributed by atoms with Crippen LogP contribution in [0.2, 0.25) is 5.02 Å². The lowest BCUT2D eigenvalue weighted by atomic mass is 10.0. The molecule has 1 aliphatic rings. The lowest BCUT2D eigenvalue weighted by molar-refractivity contribution is 0.166. The number of para-hydroxylation sites is 1. The van der Waals surface area contributed by atoms with E-state index in [1.807, 2.05) is 18.2 Å². The molecule has 4 heteroatoms. The van der Waals surface area contributed by atoms with Gasteiger partial charge >= 0.3 is 0 Å². The summed E-state index contributed by atoms with van der Waals surface area (Å²) in [5, 5.41) is 0.730. The number of nitrogens with two attached hydrogens (primary N) is 1. The van der Waals surface area contributed by atoms with Gasteiger partial charge in [0, 0.05) is 13.7 Å². The first kappa shape index (κ1) is 12.5. The summed E-state index contributed by atoms with van der Waals surface area (Å²) in [5.41, 5.74) is 7.76. The van der Waals surface area contributed by atoms with Crippen LogP contribution in [-0.2, 0) is 4.74 Å². The van der Waals surface area contributed by atoms with Gasteiger partial charge in [-0.05, 0) is 31.4 Å². The maximum Gasteiger partial charge on any atom is 0.0792 e. The van der Waals surface area contributed by atoms with Crippen LogP contribution < -0.4 is 10.6 Å². The summed E-state index contributed by atoms with van der Waals surface area (Å²) < 4.78 is 5.29. The molecule has 0 aromatic heterocycles. The third kappa shape index (κ3) is 2.67. The monoisotopic (exact) mass is 254 g/mol. The number of hydrogen-bond donors (Lipinski definition) is 1. The zero-order chi connectivity index (χ0) is 12.3. The Morgan fingerprint density at radius 2 is 2.29 bits per heavy atom. The van der Waals surface area contributed by atoms with E-state index in [0.29, 0.717) is 6.04 Å². The van der Waals surface area contributed by atoms with Gasteiger partial charge in [0.15, 0.2) is 0 Å². The molecule has 2 N–H and O–H groups in total. The summed E-state index contributed by atoms with van der Waals surface area (Å²) in [4.78, 5) is 2.30. The summed E-state index contributed by atoms with van der Waals surface area (Å²) in [5.74, 6) is 0. The average Bonchev–Trinajstić information content (AvgIpc) is 2.31. The number of nitrogen functional groups attached to an aromatic ring is 1. The van der Waals surface area contributed by atoms with Crippen molar-refractivity contribution in [3.8, 4) is 0 Å². The number of nitrogens with zero attached hydrogens (tertiary/aromatic N) is 1. The van der Waals surface area contributed by atoms with Crippen LogP contribution in [0.15, 0.2) is 18.2 Å². The van der Waals surface area contributed by atoms with Gasteiger partial charge < -0.3 is 15.4 Å². The Labute approximate surface area is 107 Å². The minimum Gasteiger partial charge on any atom is -0.397 e. The maximum absolute atomic E-state index is 6.27. The van der Waals surface area contributed by atoms with Gasteiger partial charge in [-0.2, -0.15) is 0 Å². The Bertz CT molecular complexity index is 361. The van der Waals surface area contributed by atoms with Crippen molar-refractivity contribution in [3.63, 3.8) is 0 Å². The number of methoxy groups -OCH3 is 1. The normalized spacial score (nSPS) is 20.6.